The summed E-state index contributed by atoms with van der Waals surface area (Å²) in [7, 11) is 0. The van der Waals surface area contributed by atoms with E-state index in [1.54, 1.807) is 0 Å². The molecular weight excluding hydrogens is 781 g/mol. The van der Waals surface area contributed by atoms with Gasteiger partial charge in [-0.2, -0.15) is 0 Å². The first-order valence-corrected chi connectivity index (χ1v) is 26.4. The average molecular weight is 879 g/mol. The molecule has 0 aliphatic carbocycles. The maximum absolute atomic E-state index is 12.8. The molecule has 0 aromatic rings. The number of esters is 3. The van der Waals surface area contributed by atoms with Gasteiger partial charge in [0, 0.05) is 19.3 Å². The maximum Gasteiger partial charge on any atom is 0.306 e. The normalized spacial score (nSPS) is 12.6. The zero-order chi connectivity index (χ0) is 45.8. The Morgan fingerprint density at radius 3 is 1.00 bits per heavy atom. The van der Waals surface area contributed by atoms with Crippen LogP contribution in [-0.2, 0) is 28.6 Å². The van der Waals surface area contributed by atoms with Crippen molar-refractivity contribution in [3.63, 3.8) is 0 Å². The fourth-order valence-corrected chi connectivity index (χ4v) is 7.23. The molecular formula is C57H98O6. The van der Waals surface area contributed by atoms with Crippen LogP contribution >= 0.6 is 0 Å². The van der Waals surface area contributed by atoms with Crippen LogP contribution in [0.1, 0.15) is 252 Å². The highest BCUT2D eigenvalue weighted by Gasteiger charge is 2.19. The molecule has 0 saturated carbocycles. The molecule has 0 fully saturated rings. The zero-order valence-corrected chi connectivity index (χ0v) is 41.3. The average Bonchev–Trinajstić information content (AvgIpc) is 3.28. The molecule has 0 aromatic carbocycles. The molecule has 63 heavy (non-hydrogen) atoms. The molecule has 0 N–H and O–H groups in total. The van der Waals surface area contributed by atoms with E-state index in [9.17, 15) is 14.4 Å². The van der Waals surface area contributed by atoms with Crippen molar-refractivity contribution < 1.29 is 28.6 Å². The van der Waals surface area contributed by atoms with Gasteiger partial charge < -0.3 is 14.2 Å². The van der Waals surface area contributed by atoms with E-state index >= 15 is 0 Å². The lowest BCUT2D eigenvalue weighted by Crippen LogP contribution is -2.30. The number of unbranched alkanes of at least 4 members (excludes halogenated alkanes) is 24. The summed E-state index contributed by atoms with van der Waals surface area (Å²) in [4.78, 5) is 37.7. The first kappa shape index (κ1) is 59.9. The second-order valence-corrected chi connectivity index (χ2v) is 17.4. The number of allylic oxidation sites excluding steroid dienone is 12. The SMILES string of the molecule is CC/C=C\C/C=C\C/C=C\C/C=C\CCCCCCCCCCC(=O)OCC(COC(=O)CCCCCCC)OC(=O)CCCCCCCCCCC/C=C\C/C=C\CCCCC. The summed E-state index contributed by atoms with van der Waals surface area (Å²) in [5, 5.41) is 0. The van der Waals surface area contributed by atoms with E-state index in [2.05, 4.69) is 93.7 Å². The lowest BCUT2D eigenvalue weighted by atomic mass is 10.1. The first-order chi connectivity index (χ1) is 31.0. The van der Waals surface area contributed by atoms with Crippen LogP contribution in [0.25, 0.3) is 0 Å². The lowest BCUT2D eigenvalue weighted by Gasteiger charge is -2.18. The van der Waals surface area contributed by atoms with E-state index in [0.717, 1.165) is 103 Å². The topological polar surface area (TPSA) is 78.9 Å². The minimum Gasteiger partial charge on any atom is -0.462 e. The zero-order valence-electron chi connectivity index (χ0n) is 41.3. The highest BCUT2D eigenvalue weighted by molar-refractivity contribution is 5.71. The number of carbonyl (C=O) groups is 3. The molecule has 0 bridgehead atoms. The minimum atomic E-state index is -0.777. The van der Waals surface area contributed by atoms with Gasteiger partial charge in [0.1, 0.15) is 13.2 Å². The molecule has 0 aromatic heterocycles. The Balaban J connectivity index is 4.16. The number of rotatable bonds is 47. The Morgan fingerprint density at radius 1 is 0.333 bits per heavy atom. The van der Waals surface area contributed by atoms with Crippen LogP contribution in [-0.4, -0.2) is 37.2 Å². The maximum atomic E-state index is 12.8. The summed E-state index contributed by atoms with van der Waals surface area (Å²) >= 11 is 0. The van der Waals surface area contributed by atoms with E-state index in [4.69, 9.17) is 14.2 Å². The van der Waals surface area contributed by atoms with Crippen LogP contribution in [0.2, 0.25) is 0 Å². The first-order valence-electron chi connectivity index (χ1n) is 26.4. The Labute approximate surface area is 389 Å². The number of hydrogen-bond acceptors (Lipinski definition) is 6. The molecule has 0 radical (unpaired) electrons. The molecule has 1 atom stereocenters. The largest absolute Gasteiger partial charge is 0.462 e. The van der Waals surface area contributed by atoms with Gasteiger partial charge in [-0.1, -0.05) is 216 Å². The monoisotopic (exact) mass is 879 g/mol. The number of carbonyl (C=O) groups excluding carboxylic acids is 3. The van der Waals surface area contributed by atoms with Crippen LogP contribution in [0, 0.1) is 0 Å². The van der Waals surface area contributed by atoms with Gasteiger partial charge in [0.05, 0.1) is 0 Å². The highest BCUT2D eigenvalue weighted by Crippen LogP contribution is 2.15. The van der Waals surface area contributed by atoms with Gasteiger partial charge in [-0.15, -0.1) is 0 Å². The molecule has 0 saturated heterocycles. The predicted octanol–water partition coefficient (Wildman–Crippen LogP) is 17.4. The Morgan fingerprint density at radius 2 is 0.619 bits per heavy atom. The molecule has 0 amide bonds. The molecule has 1 unspecified atom stereocenters. The van der Waals surface area contributed by atoms with E-state index in [0.29, 0.717) is 19.3 Å². The standard InChI is InChI=1S/C57H98O6/c1-4-7-10-13-15-17-19-21-23-25-27-28-30-31-33-35-37-39-41-44-47-50-56(59)62-53-54(52-61-55(58)49-46-43-12-9-6-3)63-57(60)51-48-45-42-40-38-36-34-32-29-26-24-22-20-18-16-14-11-8-5-2/h7,10,15-18,21-24,27-28,54H,4-6,8-9,11-14,19-20,25-26,29-53H2,1-3H3/b10-7-,17-15-,18-16-,23-21-,24-22-,28-27-. The quantitative estimate of drug-likeness (QED) is 0.0262. The van der Waals surface area contributed by atoms with Gasteiger partial charge in [0.2, 0.25) is 0 Å². The molecule has 6 nitrogen and oxygen atoms in total. The van der Waals surface area contributed by atoms with Crippen LogP contribution in [0.3, 0.4) is 0 Å². The molecule has 0 heterocycles. The molecule has 6 heteroatoms. The van der Waals surface area contributed by atoms with Crippen molar-refractivity contribution >= 4 is 17.9 Å². The fraction of sp³-hybridized carbons (Fsp3) is 0.737. The van der Waals surface area contributed by atoms with Gasteiger partial charge >= 0.3 is 17.9 Å². The number of hydrogen-bond donors (Lipinski definition) is 0. The van der Waals surface area contributed by atoms with Crippen molar-refractivity contribution in [2.45, 2.75) is 258 Å². The second kappa shape index (κ2) is 51.5. The van der Waals surface area contributed by atoms with Gasteiger partial charge in [0.15, 0.2) is 6.10 Å². The molecule has 362 valence electrons. The molecule has 0 rings (SSSR count). The third kappa shape index (κ3) is 49.7. The third-order valence-corrected chi connectivity index (χ3v) is 11.2. The van der Waals surface area contributed by atoms with E-state index < -0.39 is 6.10 Å². The lowest BCUT2D eigenvalue weighted by molar-refractivity contribution is -0.167. The Bertz CT molecular complexity index is 1190. The summed E-state index contributed by atoms with van der Waals surface area (Å²) in [5.74, 6) is -0.904. The van der Waals surface area contributed by atoms with Crippen LogP contribution in [0.5, 0.6) is 0 Å². The third-order valence-electron chi connectivity index (χ3n) is 11.2. The van der Waals surface area contributed by atoms with Crippen molar-refractivity contribution in [1.29, 1.82) is 0 Å². The van der Waals surface area contributed by atoms with Crippen molar-refractivity contribution in [2.75, 3.05) is 13.2 Å². The van der Waals surface area contributed by atoms with Crippen LogP contribution < -0.4 is 0 Å². The van der Waals surface area contributed by atoms with Crippen molar-refractivity contribution in [2.24, 2.45) is 0 Å². The van der Waals surface area contributed by atoms with Gasteiger partial charge in [-0.05, 0) is 89.9 Å². The summed E-state index contributed by atoms with van der Waals surface area (Å²) in [6.45, 7) is 6.41. The van der Waals surface area contributed by atoms with E-state index in [1.807, 2.05) is 0 Å². The van der Waals surface area contributed by atoms with E-state index in [1.165, 1.54) is 109 Å². The smallest absolute Gasteiger partial charge is 0.306 e. The highest BCUT2D eigenvalue weighted by atomic mass is 16.6. The second-order valence-electron chi connectivity index (χ2n) is 17.4. The van der Waals surface area contributed by atoms with Gasteiger partial charge in [-0.25, -0.2) is 0 Å². The number of ether oxygens (including phenoxy) is 3. The Hall–Kier alpha value is -3.15. The van der Waals surface area contributed by atoms with Crippen molar-refractivity contribution in [3.8, 4) is 0 Å². The predicted molar refractivity (Wildman–Crippen MR) is 270 cm³/mol. The minimum absolute atomic E-state index is 0.0803. The van der Waals surface area contributed by atoms with Crippen molar-refractivity contribution in [3.05, 3.63) is 72.9 Å². The van der Waals surface area contributed by atoms with E-state index in [-0.39, 0.29) is 31.1 Å². The summed E-state index contributed by atoms with van der Waals surface area (Å²) in [6, 6.07) is 0. The molecule has 0 aliphatic heterocycles. The van der Waals surface area contributed by atoms with Crippen molar-refractivity contribution in [1.82, 2.24) is 0 Å². The summed E-state index contributed by atoms with van der Waals surface area (Å²) < 4.78 is 16.7. The molecule has 0 spiro atoms. The molecule has 0 aliphatic rings. The van der Waals surface area contributed by atoms with Gasteiger partial charge in [0.25, 0.3) is 0 Å². The van der Waals surface area contributed by atoms with Crippen LogP contribution in [0.15, 0.2) is 72.9 Å². The summed E-state index contributed by atoms with van der Waals surface area (Å²) in [6.07, 6.45) is 64.9. The summed E-state index contributed by atoms with van der Waals surface area (Å²) in [5.41, 5.74) is 0. The Kier molecular flexibility index (Phi) is 48.9. The van der Waals surface area contributed by atoms with Gasteiger partial charge in [-0.3, -0.25) is 14.4 Å². The fourth-order valence-electron chi connectivity index (χ4n) is 7.23. The van der Waals surface area contributed by atoms with Crippen LogP contribution in [0.4, 0.5) is 0 Å².